The summed E-state index contributed by atoms with van der Waals surface area (Å²) in [6, 6.07) is 5.11. The number of hydrogen-bond acceptors (Lipinski definition) is 7. The number of benzene rings is 1. The third-order valence-corrected chi connectivity index (χ3v) is 4.32. The molecule has 1 unspecified atom stereocenters. The summed E-state index contributed by atoms with van der Waals surface area (Å²) in [4.78, 5) is 28.3. The van der Waals surface area contributed by atoms with Gasteiger partial charge in [0, 0.05) is 19.4 Å². The normalized spacial score (nSPS) is 13.3. The fourth-order valence-corrected chi connectivity index (χ4v) is 2.65. The Hall–Kier alpha value is -3.40. The number of aryl methyl sites for hydroxylation is 2. The quantitative estimate of drug-likeness (QED) is 0.532. The Morgan fingerprint density at radius 2 is 2.18 bits per heavy atom. The molecule has 1 aromatic carbocycles. The van der Waals surface area contributed by atoms with Gasteiger partial charge in [0.15, 0.2) is 11.7 Å². The molecule has 28 heavy (non-hydrogen) atoms. The third-order valence-electron chi connectivity index (χ3n) is 4.32. The number of fused-ring (bicyclic) bond motifs is 1. The lowest BCUT2D eigenvalue weighted by atomic mass is 10.0. The zero-order chi connectivity index (χ0) is 20.5. The minimum atomic E-state index is -1.59. The number of nitrogens with one attached hydrogen (secondary N) is 1. The van der Waals surface area contributed by atoms with Gasteiger partial charge in [0.25, 0.3) is 5.91 Å². The largest absolute Gasteiger partial charge is 0.486 e. The summed E-state index contributed by atoms with van der Waals surface area (Å²) in [5, 5.41) is 16.7. The molecule has 148 valence electrons. The summed E-state index contributed by atoms with van der Waals surface area (Å²) in [7, 11) is 1.60. The first kappa shape index (κ1) is 19.4. The van der Waals surface area contributed by atoms with Crippen LogP contribution in [-0.2, 0) is 18.4 Å². The SMILES string of the molecule is Cc1ncc(COc2ccc3nn(C)c(C(=O)NC(C)(CO)C(N)=O)c3c2)o1. The second kappa shape index (κ2) is 7.31. The molecule has 10 heteroatoms. The molecular weight excluding hydrogens is 366 g/mol. The van der Waals surface area contributed by atoms with E-state index in [-0.39, 0.29) is 12.3 Å². The average molecular weight is 387 g/mol. The molecule has 3 rings (SSSR count). The number of rotatable bonds is 7. The summed E-state index contributed by atoms with van der Waals surface area (Å²) in [6.07, 6.45) is 1.58. The van der Waals surface area contributed by atoms with Gasteiger partial charge in [-0.1, -0.05) is 0 Å². The van der Waals surface area contributed by atoms with Crippen molar-refractivity contribution >= 4 is 22.7 Å². The van der Waals surface area contributed by atoms with Crippen molar-refractivity contribution in [2.75, 3.05) is 6.61 Å². The summed E-state index contributed by atoms with van der Waals surface area (Å²) in [5.74, 6) is 0.177. The maximum atomic E-state index is 12.8. The third kappa shape index (κ3) is 3.67. The van der Waals surface area contributed by atoms with Crippen molar-refractivity contribution in [1.29, 1.82) is 0 Å². The van der Waals surface area contributed by atoms with Gasteiger partial charge in [-0.3, -0.25) is 14.3 Å². The Bertz CT molecular complexity index is 1040. The van der Waals surface area contributed by atoms with Gasteiger partial charge in [-0.2, -0.15) is 5.10 Å². The van der Waals surface area contributed by atoms with E-state index in [1.807, 2.05) is 0 Å². The Balaban J connectivity index is 1.88. The molecule has 0 radical (unpaired) electrons. The second-order valence-corrected chi connectivity index (χ2v) is 6.59. The number of primary amides is 1. The van der Waals surface area contributed by atoms with Crippen molar-refractivity contribution in [3.05, 3.63) is 41.7 Å². The molecule has 0 fully saturated rings. The topological polar surface area (TPSA) is 146 Å². The highest BCUT2D eigenvalue weighted by molar-refractivity contribution is 6.07. The van der Waals surface area contributed by atoms with E-state index in [2.05, 4.69) is 15.4 Å². The zero-order valence-electron chi connectivity index (χ0n) is 15.7. The van der Waals surface area contributed by atoms with E-state index < -0.39 is 24.0 Å². The molecule has 2 amide bonds. The van der Waals surface area contributed by atoms with Crippen LogP contribution in [0.3, 0.4) is 0 Å². The van der Waals surface area contributed by atoms with Crippen LogP contribution < -0.4 is 15.8 Å². The molecule has 2 heterocycles. The molecule has 10 nitrogen and oxygen atoms in total. The summed E-state index contributed by atoms with van der Waals surface area (Å²) in [5.41, 5.74) is 4.47. The molecular formula is C18H21N5O5. The van der Waals surface area contributed by atoms with Gasteiger partial charge in [0.05, 0.1) is 18.3 Å². The van der Waals surface area contributed by atoms with E-state index in [0.29, 0.717) is 28.3 Å². The fraction of sp³-hybridized carbons (Fsp3) is 0.333. The number of nitrogens with two attached hydrogens (primary N) is 1. The van der Waals surface area contributed by atoms with Crippen molar-refractivity contribution in [3.63, 3.8) is 0 Å². The number of nitrogens with zero attached hydrogens (tertiary/aromatic N) is 3. The number of hydrogen-bond donors (Lipinski definition) is 3. The number of ether oxygens (including phenoxy) is 1. The summed E-state index contributed by atoms with van der Waals surface area (Å²) in [6.45, 7) is 2.63. The lowest BCUT2D eigenvalue weighted by molar-refractivity contribution is -0.124. The van der Waals surface area contributed by atoms with Crippen molar-refractivity contribution in [3.8, 4) is 5.75 Å². The molecule has 0 aliphatic rings. The first-order valence-electron chi connectivity index (χ1n) is 8.47. The van der Waals surface area contributed by atoms with Gasteiger partial charge in [-0.15, -0.1) is 0 Å². The molecule has 0 saturated carbocycles. The number of amides is 2. The van der Waals surface area contributed by atoms with Gasteiger partial charge < -0.3 is 25.3 Å². The Morgan fingerprint density at radius 1 is 1.43 bits per heavy atom. The first-order valence-corrected chi connectivity index (χ1v) is 8.47. The van der Waals surface area contributed by atoms with Crippen LogP contribution in [0.1, 0.15) is 29.1 Å². The molecule has 3 aromatic rings. The van der Waals surface area contributed by atoms with Crippen LogP contribution >= 0.6 is 0 Å². The second-order valence-electron chi connectivity index (χ2n) is 6.59. The zero-order valence-corrected chi connectivity index (χ0v) is 15.7. The maximum Gasteiger partial charge on any atom is 0.271 e. The Kier molecular flexibility index (Phi) is 5.06. The van der Waals surface area contributed by atoms with Crippen LogP contribution in [-0.4, -0.2) is 43.8 Å². The lowest BCUT2D eigenvalue weighted by Gasteiger charge is -2.24. The van der Waals surface area contributed by atoms with Crippen LogP contribution in [0.5, 0.6) is 5.75 Å². The van der Waals surface area contributed by atoms with Gasteiger partial charge in [-0.25, -0.2) is 4.98 Å². The van der Waals surface area contributed by atoms with E-state index in [9.17, 15) is 14.7 Å². The van der Waals surface area contributed by atoms with Crippen LogP contribution in [0.2, 0.25) is 0 Å². The predicted octanol–water partition coefficient (Wildman–Crippen LogP) is 0.415. The van der Waals surface area contributed by atoms with Crippen LogP contribution in [0.15, 0.2) is 28.8 Å². The Morgan fingerprint density at radius 3 is 2.79 bits per heavy atom. The summed E-state index contributed by atoms with van der Waals surface area (Å²) >= 11 is 0. The van der Waals surface area contributed by atoms with Crippen molar-refractivity contribution < 1.29 is 23.8 Å². The van der Waals surface area contributed by atoms with E-state index in [1.54, 1.807) is 38.4 Å². The molecule has 0 bridgehead atoms. The Labute approximate surface area is 160 Å². The molecule has 0 aliphatic heterocycles. The van der Waals surface area contributed by atoms with Crippen molar-refractivity contribution in [2.24, 2.45) is 12.8 Å². The first-order chi connectivity index (χ1) is 13.2. The van der Waals surface area contributed by atoms with Crippen molar-refractivity contribution in [2.45, 2.75) is 26.0 Å². The summed E-state index contributed by atoms with van der Waals surface area (Å²) < 4.78 is 12.5. The van der Waals surface area contributed by atoms with Gasteiger partial charge in [0.1, 0.15) is 23.6 Å². The van der Waals surface area contributed by atoms with Crippen LogP contribution in [0.25, 0.3) is 10.9 Å². The highest BCUT2D eigenvalue weighted by Gasteiger charge is 2.33. The predicted molar refractivity (Wildman–Crippen MR) is 98.4 cm³/mol. The lowest BCUT2D eigenvalue weighted by Crippen LogP contribution is -2.58. The molecule has 0 aliphatic carbocycles. The number of aromatic nitrogens is 3. The van der Waals surface area contributed by atoms with Crippen molar-refractivity contribution in [1.82, 2.24) is 20.1 Å². The highest BCUT2D eigenvalue weighted by Crippen LogP contribution is 2.25. The molecule has 1 atom stereocenters. The van der Waals surface area contributed by atoms with Gasteiger partial charge >= 0.3 is 0 Å². The van der Waals surface area contributed by atoms with E-state index in [4.69, 9.17) is 14.9 Å². The van der Waals surface area contributed by atoms with Gasteiger partial charge in [0.2, 0.25) is 5.91 Å². The minimum Gasteiger partial charge on any atom is -0.486 e. The van der Waals surface area contributed by atoms with Crippen LogP contribution in [0.4, 0.5) is 0 Å². The maximum absolute atomic E-state index is 12.8. The average Bonchev–Trinajstić information content (AvgIpc) is 3.21. The molecule has 0 saturated heterocycles. The monoisotopic (exact) mass is 387 g/mol. The number of oxazole rings is 1. The van der Waals surface area contributed by atoms with Crippen LogP contribution in [0, 0.1) is 6.92 Å². The van der Waals surface area contributed by atoms with E-state index in [0.717, 1.165) is 0 Å². The minimum absolute atomic E-state index is 0.179. The van der Waals surface area contributed by atoms with E-state index in [1.165, 1.54) is 11.6 Å². The number of carbonyl (C=O) groups is 2. The molecule has 2 aromatic heterocycles. The number of carbonyl (C=O) groups excluding carboxylic acids is 2. The highest BCUT2D eigenvalue weighted by atomic mass is 16.5. The standard InChI is InChI=1S/C18H21N5O5/c1-10-20-7-12(28-10)8-27-11-4-5-14-13(6-11)15(23(3)22-14)16(25)21-18(2,9-24)17(19)26/h4-7,24H,8-9H2,1-3H3,(H2,19,26)(H,21,25). The smallest absolute Gasteiger partial charge is 0.271 e. The number of aliphatic hydroxyl groups excluding tert-OH is 1. The number of aliphatic hydroxyl groups is 1. The van der Waals surface area contributed by atoms with Gasteiger partial charge in [-0.05, 0) is 25.1 Å². The molecule has 0 spiro atoms. The molecule has 4 N–H and O–H groups in total. The fourth-order valence-electron chi connectivity index (χ4n) is 2.65. The van der Waals surface area contributed by atoms with E-state index >= 15 is 0 Å².